The smallest absolute Gasteiger partial charge is 0.193 e. The van der Waals surface area contributed by atoms with E-state index in [9.17, 15) is 0 Å². The number of nitrogens with one attached hydrogen (secondary N) is 1. The number of fused-ring (bicyclic) bond motifs is 2. The molecular formula is C23H31IN4O2. The van der Waals surface area contributed by atoms with Gasteiger partial charge >= 0.3 is 0 Å². The van der Waals surface area contributed by atoms with Gasteiger partial charge in [0.15, 0.2) is 17.5 Å². The predicted octanol–water partition coefficient (Wildman–Crippen LogP) is 4.03. The number of aliphatic imine (C=N–C) groups is 1. The molecule has 0 fully saturated rings. The maximum Gasteiger partial charge on any atom is 0.193 e. The third-order valence-corrected chi connectivity index (χ3v) is 5.64. The molecule has 0 saturated carbocycles. The average Bonchev–Trinajstić information content (AvgIpc) is 2.99. The van der Waals surface area contributed by atoms with Crippen molar-refractivity contribution in [3.05, 3.63) is 53.6 Å². The predicted molar refractivity (Wildman–Crippen MR) is 132 cm³/mol. The Kier molecular flexibility index (Phi) is 8.21. The standard InChI is InChI=1S/C23H30N4O2.HI/c1-2-20(27-11-10-17-6-3-4-7-18(17)16-27)15-25-23(24)26-19-8-9-21-22(14-19)29-13-5-12-28-21;/h3-4,6-9,14,20H,2,5,10-13,15-16H2,1H3,(H3,24,25,26);1H. The quantitative estimate of drug-likeness (QED) is 0.353. The molecule has 0 amide bonds. The van der Waals surface area contributed by atoms with Crippen LogP contribution in [0, 0.1) is 0 Å². The maximum absolute atomic E-state index is 6.17. The highest BCUT2D eigenvalue weighted by molar-refractivity contribution is 14.0. The lowest BCUT2D eigenvalue weighted by atomic mass is 9.98. The second-order valence-electron chi connectivity index (χ2n) is 7.61. The van der Waals surface area contributed by atoms with Gasteiger partial charge in [0, 0.05) is 37.3 Å². The molecule has 0 radical (unpaired) electrons. The number of hydrogen-bond acceptors (Lipinski definition) is 4. The van der Waals surface area contributed by atoms with E-state index < -0.39 is 0 Å². The molecule has 1 unspecified atom stereocenters. The summed E-state index contributed by atoms with van der Waals surface area (Å²) < 4.78 is 11.4. The van der Waals surface area contributed by atoms with Crippen molar-refractivity contribution < 1.29 is 9.47 Å². The Morgan fingerprint density at radius 1 is 1.13 bits per heavy atom. The molecule has 6 nitrogen and oxygen atoms in total. The van der Waals surface area contributed by atoms with E-state index in [2.05, 4.69) is 46.4 Å². The van der Waals surface area contributed by atoms with E-state index in [4.69, 9.17) is 15.2 Å². The van der Waals surface area contributed by atoms with Gasteiger partial charge in [-0.2, -0.15) is 0 Å². The maximum atomic E-state index is 6.17. The number of guanidine groups is 1. The first-order chi connectivity index (χ1) is 14.2. The van der Waals surface area contributed by atoms with Crippen LogP contribution in [0.4, 0.5) is 5.69 Å². The molecule has 0 spiro atoms. The molecular weight excluding hydrogens is 491 g/mol. The third-order valence-electron chi connectivity index (χ3n) is 5.64. The summed E-state index contributed by atoms with van der Waals surface area (Å²) in [6, 6.07) is 14.9. The van der Waals surface area contributed by atoms with Crippen molar-refractivity contribution in [1.82, 2.24) is 4.90 Å². The Balaban J connectivity index is 0.00000256. The van der Waals surface area contributed by atoms with Gasteiger partial charge in [-0.1, -0.05) is 31.2 Å². The van der Waals surface area contributed by atoms with Crippen molar-refractivity contribution in [3.63, 3.8) is 0 Å². The molecule has 4 rings (SSSR count). The summed E-state index contributed by atoms with van der Waals surface area (Å²) >= 11 is 0. The zero-order valence-electron chi connectivity index (χ0n) is 17.5. The van der Waals surface area contributed by atoms with Gasteiger partial charge in [0.25, 0.3) is 0 Å². The van der Waals surface area contributed by atoms with Crippen LogP contribution in [0.15, 0.2) is 47.5 Å². The summed E-state index contributed by atoms with van der Waals surface area (Å²) in [7, 11) is 0. The Labute approximate surface area is 195 Å². The van der Waals surface area contributed by atoms with E-state index in [-0.39, 0.29) is 24.0 Å². The monoisotopic (exact) mass is 522 g/mol. The lowest BCUT2D eigenvalue weighted by molar-refractivity contribution is 0.178. The number of halogens is 1. The fraction of sp³-hybridized carbons (Fsp3) is 0.435. The third kappa shape index (κ3) is 5.57. The fourth-order valence-electron chi connectivity index (χ4n) is 3.96. The number of hydrogen-bond donors (Lipinski definition) is 2. The number of ether oxygens (including phenoxy) is 2. The van der Waals surface area contributed by atoms with Gasteiger partial charge in [-0.15, -0.1) is 24.0 Å². The second kappa shape index (κ2) is 10.9. The van der Waals surface area contributed by atoms with E-state index >= 15 is 0 Å². The molecule has 0 saturated heterocycles. The zero-order valence-corrected chi connectivity index (χ0v) is 19.8. The topological polar surface area (TPSA) is 72.1 Å². The van der Waals surface area contributed by atoms with Gasteiger partial charge in [0.2, 0.25) is 0 Å². The number of benzene rings is 2. The summed E-state index contributed by atoms with van der Waals surface area (Å²) in [5, 5.41) is 3.18. The van der Waals surface area contributed by atoms with Gasteiger partial charge in [-0.3, -0.25) is 9.89 Å². The molecule has 0 aromatic heterocycles. The van der Waals surface area contributed by atoms with E-state index in [1.165, 1.54) is 11.1 Å². The minimum absolute atomic E-state index is 0. The molecule has 0 aliphatic carbocycles. The summed E-state index contributed by atoms with van der Waals surface area (Å²) in [5.41, 5.74) is 9.93. The molecule has 3 N–H and O–H groups in total. The molecule has 2 aromatic carbocycles. The minimum atomic E-state index is 0. The zero-order chi connectivity index (χ0) is 20.1. The van der Waals surface area contributed by atoms with Crippen LogP contribution < -0.4 is 20.5 Å². The molecule has 30 heavy (non-hydrogen) atoms. The van der Waals surface area contributed by atoms with Gasteiger partial charge in [0.05, 0.1) is 19.8 Å². The van der Waals surface area contributed by atoms with Crippen LogP contribution in [0.25, 0.3) is 0 Å². The van der Waals surface area contributed by atoms with Gasteiger partial charge in [0.1, 0.15) is 0 Å². The molecule has 2 aromatic rings. The number of nitrogens with zero attached hydrogens (tertiary/aromatic N) is 2. The molecule has 0 bridgehead atoms. The van der Waals surface area contributed by atoms with E-state index in [0.29, 0.717) is 31.8 Å². The highest BCUT2D eigenvalue weighted by atomic mass is 127. The molecule has 2 aliphatic rings. The van der Waals surface area contributed by atoms with E-state index in [1.54, 1.807) is 0 Å². The highest BCUT2D eigenvalue weighted by Gasteiger charge is 2.22. The van der Waals surface area contributed by atoms with Crippen LogP contribution >= 0.6 is 24.0 Å². The van der Waals surface area contributed by atoms with Crippen LogP contribution in [0.3, 0.4) is 0 Å². The summed E-state index contributed by atoms with van der Waals surface area (Å²) in [6.45, 7) is 6.30. The lowest BCUT2D eigenvalue weighted by Gasteiger charge is -2.34. The average molecular weight is 522 g/mol. The molecule has 1 atom stereocenters. The summed E-state index contributed by atoms with van der Waals surface area (Å²) in [6.07, 6.45) is 3.03. The molecule has 2 aliphatic heterocycles. The summed E-state index contributed by atoms with van der Waals surface area (Å²) in [4.78, 5) is 7.14. The van der Waals surface area contributed by atoms with Crippen molar-refractivity contribution >= 4 is 35.6 Å². The molecule has 2 heterocycles. The minimum Gasteiger partial charge on any atom is -0.490 e. The van der Waals surface area contributed by atoms with Crippen molar-refractivity contribution in [2.24, 2.45) is 10.7 Å². The normalized spacial score (nSPS) is 17.3. The first-order valence-electron chi connectivity index (χ1n) is 10.5. The first-order valence-corrected chi connectivity index (χ1v) is 10.5. The van der Waals surface area contributed by atoms with Gasteiger partial charge in [-0.05, 0) is 36.1 Å². The lowest BCUT2D eigenvalue weighted by Crippen LogP contribution is -2.41. The van der Waals surface area contributed by atoms with E-state index in [0.717, 1.165) is 49.5 Å². The largest absolute Gasteiger partial charge is 0.490 e. The molecule has 7 heteroatoms. The van der Waals surface area contributed by atoms with E-state index in [1.807, 2.05) is 18.2 Å². The van der Waals surface area contributed by atoms with Crippen LogP contribution in [0.5, 0.6) is 11.5 Å². The van der Waals surface area contributed by atoms with Crippen LogP contribution in [0.1, 0.15) is 30.9 Å². The first kappa shape index (κ1) is 22.7. The number of rotatable bonds is 5. The Bertz CT molecular complexity index is 874. The SMILES string of the molecule is CCC(CN=C(N)Nc1ccc2c(c1)OCCCO2)N1CCc2ccccc2C1.I. The van der Waals surface area contributed by atoms with Crippen molar-refractivity contribution in [2.45, 2.75) is 38.8 Å². The summed E-state index contributed by atoms with van der Waals surface area (Å²) in [5.74, 6) is 1.95. The number of nitrogens with two attached hydrogens (primary N) is 1. The van der Waals surface area contributed by atoms with Crippen LogP contribution in [0.2, 0.25) is 0 Å². The van der Waals surface area contributed by atoms with Gasteiger partial charge in [-0.25, -0.2) is 0 Å². The van der Waals surface area contributed by atoms with Crippen molar-refractivity contribution in [2.75, 3.05) is 31.6 Å². The highest BCUT2D eigenvalue weighted by Crippen LogP contribution is 2.32. The Morgan fingerprint density at radius 2 is 1.90 bits per heavy atom. The second-order valence-corrected chi connectivity index (χ2v) is 7.61. The fourth-order valence-corrected chi connectivity index (χ4v) is 3.96. The Hall–Kier alpha value is -2.00. The van der Waals surface area contributed by atoms with Gasteiger partial charge < -0.3 is 20.5 Å². The Morgan fingerprint density at radius 3 is 2.70 bits per heavy atom. The van der Waals surface area contributed by atoms with Crippen LogP contribution in [-0.4, -0.2) is 43.2 Å². The molecule has 162 valence electrons. The van der Waals surface area contributed by atoms with Crippen molar-refractivity contribution in [3.8, 4) is 11.5 Å². The van der Waals surface area contributed by atoms with Crippen molar-refractivity contribution in [1.29, 1.82) is 0 Å². The number of anilines is 1. The van der Waals surface area contributed by atoms with Crippen LogP contribution in [-0.2, 0) is 13.0 Å².